The van der Waals surface area contributed by atoms with Gasteiger partial charge in [0.25, 0.3) is 0 Å². The lowest BCUT2D eigenvalue weighted by atomic mass is 10.0. The normalized spacial score (nSPS) is 17.9. The van der Waals surface area contributed by atoms with E-state index < -0.39 is 0 Å². The third kappa shape index (κ3) is 4.19. The molecular weight excluding hydrogens is 207 g/mol. The maximum Gasteiger partial charge on any atom is 0.0767 e. The van der Waals surface area contributed by atoms with E-state index in [1.54, 1.807) is 0 Å². The summed E-state index contributed by atoms with van der Waals surface area (Å²) in [5, 5.41) is 3.30. The van der Waals surface area contributed by atoms with Gasteiger partial charge in [-0.2, -0.15) is 0 Å². The zero-order chi connectivity index (χ0) is 8.32. The van der Waals surface area contributed by atoms with Crippen molar-refractivity contribution >= 4 is 24.8 Å². The number of hydrogen-bond acceptors (Lipinski definition) is 2. The van der Waals surface area contributed by atoms with Crippen LogP contribution < -0.4 is 5.32 Å². The third-order valence-corrected chi connectivity index (χ3v) is 2.26. The molecular formula is C9H18Cl2N2. The number of rotatable bonds is 1. The highest BCUT2D eigenvalue weighted by Gasteiger charge is 2.24. The first-order valence-electron chi connectivity index (χ1n) is 4.10. The molecule has 1 aliphatic rings. The SMILES string of the molecule is C#CC(C)(C)N1CCNCC1.Cl.Cl. The molecule has 4 heteroatoms. The molecule has 0 aromatic carbocycles. The van der Waals surface area contributed by atoms with E-state index in [1.807, 2.05) is 0 Å². The minimum atomic E-state index is -0.0674. The van der Waals surface area contributed by atoms with Crippen LogP contribution in [0.15, 0.2) is 0 Å². The smallest absolute Gasteiger partial charge is 0.0767 e. The molecule has 0 amide bonds. The van der Waals surface area contributed by atoms with Crippen molar-refractivity contribution in [2.24, 2.45) is 0 Å². The van der Waals surface area contributed by atoms with Crippen LogP contribution in [-0.2, 0) is 0 Å². The summed E-state index contributed by atoms with van der Waals surface area (Å²) in [5.74, 6) is 2.81. The second-order valence-electron chi connectivity index (χ2n) is 3.44. The van der Waals surface area contributed by atoms with Crippen LogP contribution in [0.4, 0.5) is 0 Å². The van der Waals surface area contributed by atoms with Gasteiger partial charge in [0.1, 0.15) is 0 Å². The monoisotopic (exact) mass is 224 g/mol. The third-order valence-electron chi connectivity index (χ3n) is 2.26. The summed E-state index contributed by atoms with van der Waals surface area (Å²) < 4.78 is 0. The highest BCUT2D eigenvalue weighted by atomic mass is 35.5. The fourth-order valence-corrected chi connectivity index (χ4v) is 1.32. The van der Waals surface area contributed by atoms with Crippen LogP contribution in [0.3, 0.4) is 0 Å². The molecule has 1 saturated heterocycles. The van der Waals surface area contributed by atoms with E-state index in [1.165, 1.54) is 0 Å². The number of halogens is 2. The predicted molar refractivity (Wildman–Crippen MR) is 61.9 cm³/mol. The van der Waals surface area contributed by atoms with E-state index in [2.05, 4.69) is 30.0 Å². The van der Waals surface area contributed by atoms with Gasteiger partial charge in [-0.05, 0) is 13.8 Å². The van der Waals surface area contributed by atoms with E-state index in [-0.39, 0.29) is 30.4 Å². The number of nitrogens with zero attached hydrogens (tertiary/aromatic N) is 1. The first-order valence-corrected chi connectivity index (χ1v) is 4.10. The molecule has 0 aliphatic carbocycles. The summed E-state index contributed by atoms with van der Waals surface area (Å²) in [4.78, 5) is 2.34. The summed E-state index contributed by atoms with van der Waals surface area (Å²) in [6.45, 7) is 8.45. The maximum absolute atomic E-state index is 5.43. The Balaban J connectivity index is 0. The highest BCUT2D eigenvalue weighted by molar-refractivity contribution is 5.85. The summed E-state index contributed by atoms with van der Waals surface area (Å²) in [6, 6.07) is 0. The topological polar surface area (TPSA) is 15.3 Å². The molecule has 0 radical (unpaired) electrons. The summed E-state index contributed by atoms with van der Waals surface area (Å²) in [7, 11) is 0. The van der Waals surface area contributed by atoms with Crippen LogP contribution in [0.1, 0.15) is 13.8 Å². The van der Waals surface area contributed by atoms with Gasteiger partial charge in [-0.15, -0.1) is 31.2 Å². The Kier molecular flexibility index (Phi) is 7.77. The first-order chi connectivity index (χ1) is 5.17. The molecule has 1 fully saturated rings. The van der Waals surface area contributed by atoms with E-state index >= 15 is 0 Å². The van der Waals surface area contributed by atoms with Gasteiger partial charge >= 0.3 is 0 Å². The molecule has 1 rings (SSSR count). The number of terminal acetylenes is 1. The highest BCUT2D eigenvalue weighted by Crippen LogP contribution is 2.12. The predicted octanol–water partition coefficient (Wildman–Crippen LogP) is 1.15. The molecule has 1 heterocycles. The van der Waals surface area contributed by atoms with Gasteiger partial charge in [0.2, 0.25) is 0 Å². The molecule has 78 valence electrons. The van der Waals surface area contributed by atoms with Crippen molar-refractivity contribution in [1.29, 1.82) is 0 Å². The van der Waals surface area contributed by atoms with Crippen LogP contribution in [0, 0.1) is 12.3 Å². The van der Waals surface area contributed by atoms with Gasteiger partial charge in [-0.1, -0.05) is 5.92 Å². The molecule has 1 N–H and O–H groups in total. The molecule has 0 aromatic heterocycles. The molecule has 2 nitrogen and oxygen atoms in total. The Morgan fingerprint density at radius 3 is 2.08 bits per heavy atom. The second kappa shape index (κ2) is 6.50. The largest absolute Gasteiger partial charge is 0.314 e. The number of hydrogen-bond donors (Lipinski definition) is 1. The van der Waals surface area contributed by atoms with Crippen LogP contribution in [0.5, 0.6) is 0 Å². The standard InChI is InChI=1S/C9H16N2.2ClH/c1-4-9(2,3)11-7-5-10-6-8-11;;/h1,10H,5-8H2,2-3H3;2*1H. The van der Waals surface area contributed by atoms with Crippen molar-refractivity contribution in [3.8, 4) is 12.3 Å². The van der Waals surface area contributed by atoms with Crippen LogP contribution >= 0.6 is 24.8 Å². The van der Waals surface area contributed by atoms with Crippen LogP contribution in [-0.4, -0.2) is 36.6 Å². The Morgan fingerprint density at radius 2 is 1.69 bits per heavy atom. The second-order valence-corrected chi connectivity index (χ2v) is 3.44. The molecule has 0 aromatic rings. The van der Waals surface area contributed by atoms with E-state index in [4.69, 9.17) is 6.42 Å². The number of piperazine rings is 1. The van der Waals surface area contributed by atoms with Crippen molar-refractivity contribution in [3.05, 3.63) is 0 Å². The number of nitrogens with one attached hydrogen (secondary N) is 1. The minimum absolute atomic E-state index is 0. The van der Waals surface area contributed by atoms with Crippen molar-refractivity contribution in [2.45, 2.75) is 19.4 Å². The zero-order valence-corrected chi connectivity index (χ0v) is 9.80. The van der Waals surface area contributed by atoms with E-state index in [9.17, 15) is 0 Å². The van der Waals surface area contributed by atoms with Gasteiger partial charge in [-0.25, -0.2) is 0 Å². The van der Waals surface area contributed by atoms with Crippen molar-refractivity contribution in [3.63, 3.8) is 0 Å². The van der Waals surface area contributed by atoms with Crippen LogP contribution in [0.25, 0.3) is 0 Å². The Labute approximate surface area is 93.3 Å². The molecule has 0 bridgehead atoms. The Hall–Kier alpha value is 0.0600. The average Bonchev–Trinajstić information content (AvgIpc) is 2.06. The summed E-state index contributed by atoms with van der Waals surface area (Å²) in [5.41, 5.74) is -0.0674. The lowest BCUT2D eigenvalue weighted by Gasteiger charge is -2.37. The lowest BCUT2D eigenvalue weighted by molar-refractivity contribution is 0.149. The molecule has 0 saturated carbocycles. The van der Waals surface area contributed by atoms with E-state index in [0.717, 1.165) is 26.2 Å². The fourth-order valence-electron chi connectivity index (χ4n) is 1.32. The van der Waals surface area contributed by atoms with Crippen LogP contribution in [0.2, 0.25) is 0 Å². The van der Waals surface area contributed by atoms with Gasteiger partial charge in [-0.3, -0.25) is 4.90 Å². The van der Waals surface area contributed by atoms with Gasteiger partial charge in [0, 0.05) is 26.2 Å². The fraction of sp³-hybridized carbons (Fsp3) is 0.778. The quantitative estimate of drug-likeness (QED) is 0.673. The molecule has 0 spiro atoms. The van der Waals surface area contributed by atoms with Gasteiger partial charge in [0.05, 0.1) is 5.54 Å². The molecule has 0 atom stereocenters. The maximum atomic E-state index is 5.43. The minimum Gasteiger partial charge on any atom is -0.314 e. The Bertz CT molecular complexity index is 169. The van der Waals surface area contributed by atoms with Gasteiger partial charge in [0.15, 0.2) is 0 Å². The van der Waals surface area contributed by atoms with Crippen molar-refractivity contribution < 1.29 is 0 Å². The first kappa shape index (κ1) is 15.5. The van der Waals surface area contributed by atoms with Crippen molar-refractivity contribution in [2.75, 3.05) is 26.2 Å². The van der Waals surface area contributed by atoms with Crippen molar-refractivity contribution in [1.82, 2.24) is 10.2 Å². The van der Waals surface area contributed by atoms with Gasteiger partial charge < -0.3 is 5.32 Å². The molecule has 13 heavy (non-hydrogen) atoms. The summed E-state index contributed by atoms with van der Waals surface area (Å²) in [6.07, 6.45) is 5.43. The summed E-state index contributed by atoms with van der Waals surface area (Å²) >= 11 is 0. The zero-order valence-electron chi connectivity index (χ0n) is 8.17. The average molecular weight is 225 g/mol. The van der Waals surface area contributed by atoms with E-state index in [0.29, 0.717) is 0 Å². The Morgan fingerprint density at radius 1 is 1.23 bits per heavy atom. The molecule has 1 aliphatic heterocycles. The lowest BCUT2D eigenvalue weighted by Crippen LogP contribution is -2.52. The molecule has 0 unspecified atom stereocenters.